The summed E-state index contributed by atoms with van der Waals surface area (Å²) in [5.41, 5.74) is 24.7. The summed E-state index contributed by atoms with van der Waals surface area (Å²) in [7, 11) is 0. The van der Waals surface area contributed by atoms with Gasteiger partial charge in [-0.05, 0) is 163 Å². The van der Waals surface area contributed by atoms with Crippen LogP contribution in [0.25, 0.3) is 11.1 Å². The number of aryl methyl sites for hydroxylation is 2. The number of benzene rings is 6. The summed E-state index contributed by atoms with van der Waals surface area (Å²) in [6.07, 6.45) is 2.28. The van der Waals surface area contributed by atoms with E-state index in [1.165, 1.54) is 101 Å². The fourth-order valence-electron chi connectivity index (χ4n) is 12.4. The van der Waals surface area contributed by atoms with Gasteiger partial charge in [0.05, 0.1) is 0 Å². The monoisotopic (exact) mass is 772 g/mol. The van der Waals surface area contributed by atoms with E-state index < -0.39 is 0 Å². The van der Waals surface area contributed by atoms with E-state index in [9.17, 15) is 0 Å². The number of anilines is 6. The van der Waals surface area contributed by atoms with Crippen LogP contribution < -0.4 is 26.2 Å². The normalized spacial score (nSPS) is 18.6. The first-order valence-electron chi connectivity index (χ1n) is 22.1. The van der Waals surface area contributed by atoms with Gasteiger partial charge in [-0.25, -0.2) is 0 Å². The number of hydrogen-bond donors (Lipinski definition) is 0. The lowest BCUT2D eigenvalue weighted by Gasteiger charge is -2.45. The Balaban J connectivity index is 1.33. The van der Waals surface area contributed by atoms with Crippen molar-refractivity contribution in [3.63, 3.8) is 0 Å². The van der Waals surface area contributed by atoms with Gasteiger partial charge in [-0.3, -0.25) is 0 Å². The number of rotatable bonds is 3. The summed E-state index contributed by atoms with van der Waals surface area (Å²) in [4.78, 5) is 5.29. The third-order valence-electron chi connectivity index (χ3n) is 14.7. The molecule has 0 saturated heterocycles. The van der Waals surface area contributed by atoms with E-state index in [0.717, 1.165) is 12.8 Å². The lowest BCUT2D eigenvalue weighted by molar-refractivity contribution is 0.403. The maximum absolute atomic E-state index is 2.67. The number of hydrogen-bond acceptors (Lipinski definition) is 2. The van der Waals surface area contributed by atoms with Crippen molar-refractivity contribution in [3.8, 4) is 11.1 Å². The Labute approximate surface area is 354 Å². The lowest BCUT2D eigenvalue weighted by atomic mass is 9.33. The number of fused-ring (bicyclic) bond motifs is 6. The predicted molar refractivity (Wildman–Crippen MR) is 255 cm³/mol. The molecule has 0 amide bonds. The Bertz CT molecular complexity index is 2740. The van der Waals surface area contributed by atoms with Crippen LogP contribution in [-0.4, -0.2) is 6.71 Å². The first kappa shape index (κ1) is 38.2. The molecule has 2 nitrogen and oxygen atoms in total. The molecule has 2 aliphatic carbocycles. The van der Waals surface area contributed by atoms with Crippen LogP contribution in [0, 0.1) is 13.8 Å². The van der Waals surface area contributed by atoms with Crippen molar-refractivity contribution < 1.29 is 0 Å². The minimum Gasteiger partial charge on any atom is -0.311 e. The minimum atomic E-state index is 0.0133. The van der Waals surface area contributed by atoms with E-state index in [1.54, 1.807) is 0 Å². The third-order valence-corrected chi connectivity index (χ3v) is 14.7. The van der Waals surface area contributed by atoms with Gasteiger partial charge in [0, 0.05) is 34.1 Å². The molecular weight excluding hydrogens is 711 g/mol. The van der Waals surface area contributed by atoms with E-state index >= 15 is 0 Å². The zero-order valence-corrected chi connectivity index (χ0v) is 37.8. The lowest BCUT2D eigenvalue weighted by Crippen LogP contribution is -2.61. The average Bonchev–Trinajstić information content (AvgIpc) is 3.47. The van der Waals surface area contributed by atoms with Gasteiger partial charge in [-0.1, -0.05) is 143 Å². The summed E-state index contributed by atoms with van der Waals surface area (Å²) in [5.74, 6) is 0. The Hall–Kier alpha value is -5.02. The Kier molecular flexibility index (Phi) is 7.95. The number of nitrogens with zero attached hydrogens (tertiary/aromatic N) is 2. The molecule has 0 bridgehead atoms. The highest BCUT2D eigenvalue weighted by molar-refractivity contribution is 7.00. The summed E-state index contributed by atoms with van der Waals surface area (Å²) >= 11 is 0. The summed E-state index contributed by atoms with van der Waals surface area (Å²) < 4.78 is 0. The molecule has 2 aliphatic heterocycles. The second-order valence-corrected chi connectivity index (χ2v) is 22.3. The molecule has 0 N–H and O–H groups in total. The standard InChI is InChI=1S/C56H61BN2/c1-34-25-49-51-50(26-34)59(47-28-38(52(3,4)5)21-19-35(47)2)46-24-20-37(36-17-15-14-16-18-36)27-44(46)57(51)45-30-42-43(56(12,13)33-55(42,10)11)31-48(45)58(49)39-22-23-40-41(29-39)54(8,9)32-53(40,6)7/h14-31H,32-33H2,1-13H3. The highest BCUT2D eigenvalue weighted by Crippen LogP contribution is 2.55. The average molecular weight is 773 g/mol. The van der Waals surface area contributed by atoms with Gasteiger partial charge < -0.3 is 9.80 Å². The van der Waals surface area contributed by atoms with Crippen LogP contribution in [0.1, 0.15) is 128 Å². The Morgan fingerprint density at radius 1 is 0.475 bits per heavy atom. The summed E-state index contributed by atoms with van der Waals surface area (Å²) in [6, 6.07) is 43.1. The van der Waals surface area contributed by atoms with Crippen LogP contribution in [0.2, 0.25) is 0 Å². The minimum absolute atomic E-state index is 0.0133. The van der Waals surface area contributed by atoms with Gasteiger partial charge in [0.25, 0.3) is 6.71 Å². The second kappa shape index (κ2) is 12.3. The van der Waals surface area contributed by atoms with Crippen LogP contribution in [0.15, 0.2) is 109 Å². The first-order chi connectivity index (χ1) is 27.7. The van der Waals surface area contributed by atoms with Gasteiger partial charge in [0.1, 0.15) is 0 Å². The van der Waals surface area contributed by atoms with E-state index in [0.29, 0.717) is 0 Å². The third kappa shape index (κ3) is 5.66. The van der Waals surface area contributed by atoms with Gasteiger partial charge >= 0.3 is 0 Å². The highest BCUT2D eigenvalue weighted by Gasteiger charge is 2.49. The van der Waals surface area contributed by atoms with E-state index in [4.69, 9.17) is 0 Å². The molecule has 0 fully saturated rings. The maximum atomic E-state index is 2.67. The topological polar surface area (TPSA) is 6.48 Å². The molecule has 10 rings (SSSR count). The molecular formula is C56H61BN2. The zero-order valence-electron chi connectivity index (χ0n) is 37.8. The first-order valence-corrected chi connectivity index (χ1v) is 22.1. The second-order valence-electron chi connectivity index (χ2n) is 22.3. The van der Waals surface area contributed by atoms with E-state index in [-0.39, 0.29) is 33.8 Å². The molecule has 298 valence electrons. The molecule has 59 heavy (non-hydrogen) atoms. The SMILES string of the molecule is Cc1cc2c3c(c1)N(c1cc(C(C)(C)C)ccc1C)c1ccc(-c4ccccc4)cc1B3c1cc3c(cc1N2c1ccc2c(c1)C(C)(C)CC2(C)C)C(C)(C)CC3(C)C. The van der Waals surface area contributed by atoms with Gasteiger partial charge in [0.2, 0.25) is 0 Å². The molecule has 2 heterocycles. The Morgan fingerprint density at radius 3 is 1.73 bits per heavy atom. The molecule has 0 radical (unpaired) electrons. The van der Waals surface area contributed by atoms with Crippen LogP contribution in [-0.2, 0) is 27.1 Å². The molecule has 0 spiro atoms. The largest absolute Gasteiger partial charge is 0.311 e. The van der Waals surface area contributed by atoms with Crippen molar-refractivity contribution in [1.82, 2.24) is 0 Å². The zero-order chi connectivity index (χ0) is 41.8. The Morgan fingerprint density at radius 2 is 1.07 bits per heavy atom. The van der Waals surface area contributed by atoms with Crippen LogP contribution >= 0.6 is 0 Å². The van der Waals surface area contributed by atoms with E-state index in [2.05, 4.69) is 209 Å². The van der Waals surface area contributed by atoms with Gasteiger partial charge in [-0.2, -0.15) is 0 Å². The van der Waals surface area contributed by atoms with Crippen molar-refractivity contribution in [3.05, 3.63) is 148 Å². The fourth-order valence-corrected chi connectivity index (χ4v) is 12.4. The van der Waals surface area contributed by atoms with Gasteiger partial charge in [-0.15, -0.1) is 0 Å². The summed E-state index contributed by atoms with van der Waals surface area (Å²) in [5, 5.41) is 0. The molecule has 4 aliphatic rings. The molecule has 0 saturated carbocycles. The molecule has 0 atom stereocenters. The van der Waals surface area contributed by atoms with Crippen molar-refractivity contribution >= 4 is 57.2 Å². The molecule has 6 aromatic rings. The molecule has 6 aromatic carbocycles. The van der Waals surface area contributed by atoms with Crippen molar-refractivity contribution in [1.29, 1.82) is 0 Å². The fraction of sp³-hybridized carbons (Fsp3) is 0.357. The van der Waals surface area contributed by atoms with Crippen molar-refractivity contribution in [2.45, 2.75) is 130 Å². The van der Waals surface area contributed by atoms with Crippen LogP contribution in [0.4, 0.5) is 34.1 Å². The molecule has 0 aromatic heterocycles. The van der Waals surface area contributed by atoms with Crippen LogP contribution in [0.5, 0.6) is 0 Å². The highest BCUT2D eigenvalue weighted by atomic mass is 15.2. The summed E-state index contributed by atoms with van der Waals surface area (Å²) in [6.45, 7) is 31.3. The van der Waals surface area contributed by atoms with E-state index in [1.807, 2.05) is 0 Å². The van der Waals surface area contributed by atoms with Gasteiger partial charge in [0.15, 0.2) is 0 Å². The van der Waals surface area contributed by atoms with Crippen molar-refractivity contribution in [2.24, 2.45) is 0 Å². The van der Waals surface area contributed by atoms with Crippen LogP contribution in [0.3, 0.4) is 0 Å². The molecule has 3 heteroatoms. The quantitative estimate of drug-likeness (QED) is 0.165. The maximum Gasteiger partial charge on any atom is 0.252 e. The predicted octanol–water partition coefficient (Wildman–Crippen LogP) is 13.3. The molecule has 0 unspecified atom stereocenters. The smallest absolute Gasteiger partial charge is 0.252 e. The van der Waals surface area contributed by atoms with Crippen molar-refractivity contribution in [2.75, 3.05) is 9.80 Å².